The zero-order chi connectivity index (χ0) is 15.4. The average Bonchev–Trinajstić information content (AvgIpc) is 2.92. The first-order valence-corrected chi connectivity index (χ1v) is 7.77. The Morgan fingerprint density at radius 3 is 2.76 bits per heavy atom. The summed E-state index contributed by atoms with van der Waals surface area (Å²) in [5.74, 6) is -0.135. The number of aromatic nitrogens is 2. The third-order valence-electron chi connectivity index (χ3n) is 3.15. The molecule has 1 aromatic carbocycles. The van der Waals surface area contributed by atoms with Crippen LogP contribution in [0.25, 0.3) is 0 Å². The molecular formula is C15H20N4OS. The zero-order valence-electron chi connectivity index (χ0n) is 12.8. The molecule has 2 aromatic rings. The molecule has 6 heteroatoms. The van der Waals surface area contributed by atoms with E-state index in [9.17, 15) is 4.79 Å². The van der Waals surface area contributed by atoms with Crippen molar-refractivity contribution in [2.75, 3.05) is 23.8 Å². The lowest BCUT2D eigenvalue weighted by Gasteiger charge is -2.18. The lowest BCUT2D eigenvalue weighted by molar-refractivity contribution is 0.0992. The number of hydrogen-bond acceptors (Lipinski definition) is 5. The number of carbonyl (C=O) groups excluding carboxylic acids is 1. The second-order valence-electron chi connectivity index (χ2n) is 4.99. The van der Waals surface area contributed by atoms with Crippen LogP contribution in [0.1, 0.15) is 34.3 Å². The number of aryl methyl sites for hydroxylation is 2. The van der Waals surface area contributed by atoms with E-state index in [4.69, 9.17) is 0 Å². The van der Waals surface area contributed by atoms with Crippen LogP contribution >= 0.6 is 11.3 Å². The Hall–Kier alpha value is -1.95. The maximum atomic E-state index is 12.5. The molecule has 21 heavy (non-hydrogen) atoms. The molecule has 5 nitrogen and oxygen atoms in total. The number of amides is 1. The highest BCUT2D eigenvalue weighted by atomic mass is 32.1. The van der Waals surface area contributed by atoms with Gasteiger partial charge in [-0.2, -0.15) is 0 Å². The summed E-state index contributed by atoms with van der Waals surface area (Å²) < 4.78 is 0. The van der Waals surface area contributed by atoms with Crippen molar-refractivity contribution in [3.63, 3.8) is 0 Å². The van der Waals surface area contributed by atoms with Crippen molar-refractivity contribution in [1.29, 1.82) is 0 Å². The molecule has 1 N–H and O–H groups in total. The van der Waals surface area contributed by atoms with Crippen LogP contribution < -0.4 is 10.2 Å². The van der Waals surface area contributed by atoms with Gasteiger partial charge in [-0.1, -0.05) is 36.0 Å². The van der Waals surface area contributed by atoms with Gasteiger partial charge in [-0.3, -0.25) is 4.79 Å². The van der Waals surface area contributed by atoms with E-state index in [2.05, 4.69) is 28.5 Å². The molecule has 0 aliphatic carbocycles. The summed E-state index contributed by atoms with van der Waals surface area (Å²) in [4.78, 5) is 14.1. The van der Waals surface area contributed by atoms with Crippen molar-refractivity contribution in [3.8, 4) is 0 Å². The topological polar surface area (TPSA) is 58.1 Å². The third kappa shape index (κ3) is 3.58. The van der Waals surface area contributed by atoms with E-state index in [1.165, 1.54) is 16.9 Å². The zero-order valence-corrected chi connectivity index (χ0v) is 13.6. The van der Waals surface area contributed by atoms with Crippen molar-refractivity contribution < 1.29 is 4.79 Å². The van der Waals surface area contributed by atoms with Crippen LogP contribution in [0, 0.1) is 13.8 Å². The van der Waals surface area contributed by atoms with Gasteiger partial charge in [0, 0.05) is 19.3 Å². The molecule has 0 bridgehead atoms. The van der Waals surface area contributed by atoms with Gasteiger partial charge in [-0.15, -0.1) is 10.2 Å². The van der Waals surface area contributed by atoms with E-state index >= 15 is 0 Å². The molecule has 0 saturated heterocycles. The van der Waals surface area contributed by atoms with Gasteiger partial charge < -0.3 is 10.2 Å². The smallest absolute Gasteiger partial charge is 0.289 e. The fraction of sp³-hybridized carbons (Fsp3) is 0.400. The van der Waals surface area contributed by atoms with E-state index in [1.54, 1.807) is 11.9 Å². The Labute approximate surface area is 129 Å². The quantitative estimate of drug-likeness (QED) is 0.921. The van der Waals surface area contributed by atoms with Crippen LogP contribution in [-0.4, -0.2) is 29.7 Å². The molecular weight excluding hydrogens is 284 g/mol. The number of nitrogens with one attached hydrogen (secondary N) is 1. The molecule has 0 aliphatic heterocycles. The lowest BCUT2D eigenvalue weighted by atomic mass is 10.1. The fourth-order valence-electron chi connectivity index (χ4n) is 2.05. The summed E-state index contributed by atoms with van der Waals surface area (Å²) in [6.45, 7) is 6.94. The molecule has 0 saturated carbocycles. The molecule has 1 aromatic heterocycles. The molecule has 1 heterocycles. The molecule has 0 radical (unpaired) electrons. The van der Waals surface area contributed by atoms with Crippen LogP contribution in [0.4, 0.5) is 10.8 Å². The number of rotatable bonds is 5. The van der Waals surface area contributed by atoms with Crippen LogP contribution in [0.2, 0.25) is 0 Å². The van der Waals surface area contributed by atoms with Gasteiger partial charge in [0.15, 0.2) is 0 Å². The third-order valence-corrected chi connectivity index (χ3v) is 4.02. The van der Waals surface area contributed by atoms with Crippen molar-refractivity contribution in [2.24, 2.45) is 0 Å². The number of anilines is 2. The Bertz CT molecular complexity index is 638. The Morgan fingerprint density at radius 1 is 1.33 bits per heavy atom. The summed E-state index contributed by atoms with van der Waals surface area (Å²) in [6.07, 6.45) is 1.01. The number of nitrogens with zero attached hydrogens (tertiary/aromatic N) is 3. The van der Waals surface area contributed by atoms with Gasteiger partial charge in [0.25, 0.3) is 5.91 Å². The first kappa shape index (κ1) is 15.4. The summed E-state index contributed by atoms with van der Waals surface area (Å²) >= 11 is 1.29. The number of benzene rings is 1. The van der Waals surface area contributed by atoms with Gasteiger partial charge in [-0.05, 0) is 31.9 Å². The fourth-order valence-corrected chi connectivity index (χ4v) is 2.79. The van der Waals surface area contributed by atoms with Gasteiger partial charge in [-0.25, -0.2) is 0 Å². The van der Waals surface area contributed by atoms with Gasteiger partial charge in [0.2, 0.25) is 10.1 Å². The van der Waals surface area contributed by atoms with E-state index in [-0.39, 0.29) is 5.91 Å². The largest absolute Gasteiger partial charge is 0.360 e. The summed E-state index contributed by atoms with van der Waals surface area (Å²) in [7, 11) is 1.76. The molecule has 1 amide bonds. The highest BCUT2D eigenvalue weighted by molar-refractivity contribution is 7.17. The normalized spacial score (nSPS) is 10.5. The average molecular weight is 304 g/mol. The van der Waals surface area contributed by atoms with Crippen molar-refractivity contribution >= 4 is 28.1 Å². The molecule has 0 aliphatic rings. The molecule has 0 fully saturated rings. The minimum atomic E-state index is -0.135. The summed E-state index contributed by atoms with van der Waals surface area (Å²) in [5, 5.41) is 12.2. The maximum Gasteiger partial charge on any atom is 0.289 e. The van der Waals surface area contributed by atoms with Crippen molar-refractivity contribution in [2.45, 2.75) is 27.2 Å². The predicted molar refractivity (Wildman–Crippen MR) is 87.3 cm³/mol. The first-order valence-electron chi connectivity index (χ1n) is 6.95. The SMILES string of the molecule is CCCNc1nnc(C(=O)N(C)c2ccc(C)cc2C)s1. The van der Waals surface area contributed by atoms with Gasteiger partial charge in [0.1, 0.15) is 0 Å². The minimum absolute atomic E-state index is 0.135. The second-order valence-corrected chi connectivity index (χ2v) is 5.97. The second kappa shape index (κ2) is 6.67. The van der Waals surface area contributed by atoms with Crippen molar-refractivity contribution in [1.82, 2.24) is 10.2 Å². The highest BCUT2D eigenvalue weighted by Crippen LogP contribution is 2.23. The van der Waals surface area contributed by atoms with Crippen LogP contribution in [-0.2, 0) is 0 Å². The van der Waals surface area contributed by atoms with Crippen LogP contribution in [0.15, 0.2) is 18.2 Å². The Morgan fingerprint density at radius 2 is 2.10 bits per heavy atom. The van der Waals surface area contributed by atoms with Crippen LogP contribution in [0.3, 0.4) is 0 Å². The van der Waals surface area contributed by atoms with Gasteiger partial charge >= 0.3 is 0 Å². The molecule has 0 unspecified atom stereocenters. The predicted octanol–water partition coefficient (Wildman–Crippen LogP) is 3.25. The molecule has 2 rings (SSSR count). The molecule has 112 valence electrons. The Balaban J connectivity index is 2.16. The van der Waals surface area contributed by atoms with E-state index in [0.29, 0.717) is 10.1 Å². The number of hydrogen-bond donors (Lipinski definition) is 1. The minimum Gasteiger partial charge on any atom is -0.360 e. The molecule has 0 atom stereocenters. The Kier molecular flexibility index (Phi) is 4.90. The lowest BCUT2D eigenvalue weighted by Crippen LogP contribution is -2.26. The van der Waals surface area contributed by atoms with E-state index < -0.39 is 0 Å². The molecule has 0 spiro atoms. The van der Waals surface area contributed by atoms with Gasteiger partial charge in [0.05, 0.1) is 0 Å². The maximum absolute atomic E-state index is 12.5. The van der Waals surface area contributed by atoms with E-state index in [1.807, 2.05) is 26.0 Å². The van der Waals surface area contributed by atoms with Crippen LogP contribution in [0.5, 0.6) is 0 Å². The summed E-state index contributed by atoms with van der Waals surface area (Å²) in [6, 6.07) is 6.02. The monoisotopic (exact) mass is 304 g/mol. The van der Waals surface area contributed by atoms with Crippen molar-refractivity contribution in [3.05, 3.63) is 34.3 Å². The first-order chi connectivity index (χ1) is 10.0. The van der Waals surface area contributed by atoms with E-state index in [0.717, 1.165) is 24.2 Å². The number of carbonyl (C=O) groups is 1. The summed E-state index contributed by atoms with van der Waals surface area (Å²) in [5.41, 5.74) is 3.14. The highest BCUT2D eigenvalue weighted by Gasteiger charge is 2.19. The standard InChI is InChI=1S/C15H20N4OS/c1-5-8-16-15-18-17-13(21-15)14(20)19(4)12-7-6-10(2)9-11(12)3/h6-7,9H,5,8H2,1-4H3,(H,16,18).